The van der Waals surface area contributed by atoms with Crippen molar-refractivity contribution in [2.24, 2.45) is 5.92 Å². The third-order valence-corrected chi connectivity index (χ3v) is 6.34. The Kier molecular flexibility index (Phi) is 8.54. The van der Waals surface area contributed by atoms with Crippen molar-refractivity contribution in [3.05, 3.63) is 65.7 Å². The number of morpholine rings is 1. The molecule has 2 aromatic rings. The summed E-state index contributed by atoms with van der Waals surface area (Å²) >= 11 is 0. The molecule has 0 atom stereocenters. The number of hydrogen-bond acceptors (Lipinski definition) is 5. The fraction of sp³-hybridized carbons (Fsp3) is 0.500. The van der Waals surface area contributed by atoms with Crippen LogP contribution in [0, 0.1) is 5.92 Å². The molecule has 6 heteroatoms. The monoisotopic (exact) mass is 437 g/mol. The van der Waals surface area contributed by atoms with Gasteiger partial charge in [0, 0.05) is 38.6 Å². The lowest BCUT2D eigenvalue weighted by Crippen LogP contribution is -2.44. The molecule has 2 aromatic carbocycles. The first-order valence-corrected chi connectivity index (χ1v) is 11.8. The molecule has 0 aromatic heterocycles. The van der Waals surface area contributed by atoms with Crippen LogP contribution in [0.2, 0.25) is 0 Å². The minimum Gasteiger partial charge on any atom is -0.489 e. The van der Waals surface area contributed by atoms with E-state index < -0.39 is 0 Å². The molecule has 0 bridgehead atoms. The number of amides is 1. The van der Waals surface area contributed by atoms with Gasteiger partial charge in [-0.25, -0.2) is 0 Å². The van der Waals surface area contributed by atoms with E-state index in [0.717, 1.165) is 77.6 Å². The number of rotatable bonds is 9. The van der Waals surface area contributed by atoms with Gasteiger partial charge in [-0.1, -0.05) is 42.5 Å². The summed E-state index contributed by atoms with van der Waals surface area (Å²) in [4.78, 5) is 17.3. The number of carbonyl (C=O) groups is 1. The average molecular weight is 438 g/mol. The van der Waals surface area contributed by atoms with Crippen LogP contribution in [0.3, 0.4) is 0 Å². The van der Waals surface area contributed by atoms with Crippen LogP contribution in [0.1, 0.15) is 24.0 Å². The summed E-state index contributed by atoms with van der Waals surface area (Å²) in [6.45, 7) is 8.56. The SMILES string of the molecule is O=C(NCCN1CCOCC1)C1CCN(Cc2cccc(OCc3ccccc3)c2)CC1. The third kappa shape index (κ3) is 7.05. The fourth-order valence-corrected chi connectivity index (χ4v) is 4.39. The molecule has 4 rings (SSSR count). The van der Waals surface area contributed by atoms with E-state index in [1.54, 1.807) is 0 Å². The lowest BCUT2D eigenvalue weighted by molar-refractivity contribution is -0.126. The maximum absolute atomic E-state index is 12.5. The van der Waals surface area contributed by atoms with Gasteiger partial charge in [-0.2, -0.15) is 0 Å². The second-order valence-electron chi connectivity index (χ2n) is 8.72. The van der Waals surface area contributed by atoms with Crippen LogP contribution in [0.5, 0.6) is 5.75 Å². The molecule has 2 fully saturated rings. The van der Waals surface area contributed by atoms with E-state index in [1.807, 2.05) is 24.3 Å². The minimum absolute atomic E-state index is 0.136. The van der Waals surface area contributed by atoms with Crippen molar-refractivity contribution in [3.63, 3.8) is 0 Å². The molecule has 6 nitrogen and oxygen atoms in total. The van der Waals surface area contributed by atoms with E-state index in [9.17, 15) is 4.79 Å². The summed E-state index contributed by atoms with van der Waals surface area (Å²) in [6.07, 6.45) is 1.85. The van der Waals surface area contributed by atoms with Crippen molar-refractivity contribution in [1.29, 1.82) is 0 Å². The van der Waals surface area contributed by atoms with Gasteiger partial charge in [0.05, 0.1) is 13.2 Å². The Labute approximate surface area is 191 Å². The number of benzene rings is 2. The van der Waals surface area contributed by atoms with Crippen molar-refractivity contribution in [2.45, 2.75) is 26.0 Å². The van der Waals surface area contributed by atoms with E-state index in [0.29, 0.717) is 6.61 Å². The summed E-state index contributed by atoms with van der Waals surface area (Å²) < 4.78 is 11.3. The van der Waals surface area contributed by atoms with Crippen molar-refractivity contribution in [2.75, 3.05) is 52.5 Å². The lowest BCUT2D eigenvalue weighted by Gasteiger charge is -2.31. The number of hydrogen-bond donors (Lipinski definition) is 1. The molecule has 172 valence electrons. The van der Waals surface area contributed by atoms with Gasteiger partial charge in [0.1, 0.15) is 12.4 Å². The van der Waals surface area contributed by atoms with Crippen molar-refractivity contribution in [1.82, 2.24) is 15.1 Å². The Bertz CT molecular complexity index is 831. The molecule has 1 N–H and O–H groups in total. The maximum Gasteiger partial charge on any atom is 0.223 e. The quantitative estimate of drug-likeness (QED) is 0.654. The highest BCUT2D eigenvalue weighted by Crippen LogP contribution is 2.21. The Morgan fingerprint density at radius 2 is 1.69 bits per heavy atom. The van der Waals surface area contributed by atoms with Gasteiger partial charge in [0.25, 0.3) is 0 Å². The zero-order valence-electron chi connectivity index (χ0n) is 18.9. The van der Waals surface area contributed by atoms with Gasteiger partial charge in [-0.05, 0) is 49.2 Å². The molecule has 0 radical (unpaired) electrons. The van der Waals surface area contributed by atoms with E-state index in [2.05, 4.69) is 45.4 Å². The molecule has 0 saturated carbocycles. The third-order valence-electron chi connectivity index (χ3n) is 6.34. The van der Waals surface area contributed by atoms with E-state index >= 15 is 0 Å². The summed E-state index contributed by atoms with van der Waals surface area (Å²) in [7, 11) is 0. The zero-order chi connectivity index (χ0) is 22.0. The summed E-state index contributed by atoms with van der Waals surface area (Å²) in [5.74, 6) is 1.26. The topological polar surface area (TPSA) is 54.0 Å². The molecular weight excluding hydrogens is 402 g/mol. The zero-order valence-corrected chi connectivity index (χ0v) is 18.9. The highest BCUT2D eigenvalue weighted by atomic mass is 16.5. The molecule has 0 unspecified atom stereocenters. The van der Waals surface area contributed by atoms with Gasteiger partial charge >= 0.3 is 0 Å². The first-order valence-electron chi connectivity index (χ1n) is 11.8. The van der Waals surface area contributed by atoms with Gasteiger partial charge < -0.3 is 14.8 Å². The van der Waals surface area contributed by atoms with Crippen LogP contribution in [0.25, 0.3) is 0 Å². The van der Waals surface area contributed by atoms with Gasteiger partial charge in [0.15, 0.2) is 0 Å². The molecule has 0 aliphatic carbocycles. The molecule has 0 spiro atoms. The van der Waals surface area contributed by atoms with Crippen LogP contribution >= 0.6 is 0 Å². The number of ether oxygens (including phenoxy) is 2. The number of carbonyl (C=O) groups excluding carboxylic acids is 1. The highest BCUT2D eigenvalue weighted by molar-refractivity contribution is 5.78. The van der Waals surface area contributed by atoms with Crippen LogP contribution < -0.4 is 10.1 Å². The minimum atomic E-state index is 0.136. The van der Waals surface area contributed by atoms with Crippen LogP contribution in [0.4, 0.5) is 0 Å². The van der Waals surface area contributed by atoms with Gasteiger partial charge in [-0.15, -0.1) is 0 Å². The number of likely N-dealkylation sites (tertiary alicyclic amines) is 1. The summed E-state index contributed by atoms with van der Waals surface area (Å²) in [5.41, 5.74) is 2.42. The molecular formula is C26H35N3O3. The van der Waals surface area contributed by atoms with E-state index in [4.69, 9.17) is 9.47 Å². The summed E-state index contributed by atoms with van der Waals surface area (Å²) in [6, 6.07) is 18.6. The summed E-state index contributed by atoms with van der Waals surface area (Å²) in [5, 5.41) is 3.14. The van der Waals surface area contributed by atoms with Gasteiger partial charge in [-0.3, -0.25) is 14.6 Å². The van der Waals surface area contributed by atoms with Crippen LogP contribution in [-0.4, -0.2) is 68.2 Å². The Morgan fingerprint density at radius 1 is 0.938 bits per heavy atom. The van der Waals surface area contributed by atoms with Crippen molar-refractivity contribution < 1.29 is 14.3 Å². The molecule has 32 heavy (non-hydrogen) atoms. The largest absolute Gasteiger partial charge is 0.489 e. The maximum atomic E-state index is 12.5. The second-order valence-corrected chi connectivity index (χ2v) is 8.72. The number of nitrogens with one attached hydrogen (secondary N) is 1. The Balaban J connectivity index is 1.16. The van der Waals surface area contributed by atoms with Crippen molar-refractivity contribution in [3.8, 4) is 5.75 Å². The number of piperidine rings is 1. The van der Waals surface area contributed by atoms with Gasteiger partial charge in [0.2, 0.25) is 5.91 Å². The number of nitrogens with zero attached hydrogens (tertiary/aromatic N) is 2. The first-order chi connectivity index (χ1) is 15.8. The Hall–Kier alpha value is -2.41. The molecule has 2 aliphatic heterocycles. The van der Waals surface area contributed by atoms with E-state index in [-0.39, 0.29) is 11.8 Å². The van der Waals surface area contributed by atoms with Crippen LogP contribution in [-0.2, 0) is 22.7 Å². The molecule has 1 amide bonds. The Morgan fingerprint density at radius 3 is 2.47 bits per heavy atom. The standard InChI is InChI=1S/C26H35N3O3/c30-26(27-11-14-28-15-17-31-18-16-28)24-9-12-29(13-10-24)20-23-7-4-8-25(19-23)32-21-22-5-2-1-3-6-22/h1-8,19,24H,9-18,20-21H2,(H,27,30). The van der Waals surface area contributed by atoms with Crippen molar-refractivity contribution >= 4 is 5.91 Å². The molecule has 2 heterocycles. The predicted molar refractivity (Wildman–Crippen MR) is 125 cm³/mol. The lowest BCUT2D eigenvalue weighted by atomic mass is 9.95. The molecule has 2 saturated heterocycles. The molecule has 2 aliphatic rings. The first kappa shape index (κ1) is 22.8. The predicted octanol–water partition coefficient (Wildman–Crippen LogP) is 2.93. The van der Waals surface area contributed by atoms with E-state index in [1.165, 1.54) is 11.1 Å². The fourth-order valence-electron chi connectivity index (χ4n) is 4.39. The smallest absolute Gasteiger partial charge is 0.223 e. The normalized spacial score (nSPS) is 18.4. The van der Waals surface area contributed by atoms with Crippen LogP contribution in [0.15, 0.2) is 54.6 Å². The average Bonchev–Trinajstić information content (AvgIpc) is 2.85. The highest BCUT2D eigenvalue weighted by Gasteiger charge is 2.25. The second kappa shape index (κ2) is 12.0.